The van der Waals surface area contributed by atoms with Crippen molar-refractivity contribution in [1.82, 2.24) is 15.2 Å². The van der Waals surface area contributed by atoms with E-state index in [0.717, 1.165) is 62.3 Å². The van der Waals surface area contributed by atoms with Gasteiger partial charge in [0.2, 0.25) is 0 Å². The largest absolute Gasteiger partial charge is 0.381 e. The van der Waals surface area contributed by atoms with Gasteiger partial charge < -0.3 is 24.4 Å². The van der Waals surface area contributed by atoms with Crippen LogP contribution in [0.4, 0.5) is 0 Å². The van der Waals surface area contributed by atoms with Gasteiger partial charge in [-0.1, -0.05) is 0 Å². The van der Waals surface area contributed by atoms with Gasteiger partial charge in [-0.05, 0) is 26.2 Å². The van der Waals surface area contributed by atoms with Gasteiger partial charge in [0.1, 0.15) is 11.1 Å². The first kappa shape index (κ1) is 21.1. The van der Waals surface area contributed by atoms with Gasteiger partial charge in [-0.15, -0.1) is 11.3 Å². The summed E-state index contributed by atoms with van der Waals surface area (Å²) in [6, 6.07) is 0. The molecule has 7 nitrogen and oxygen atoms in total. The first-order valence-corrected chi connectivity index (χ1v) is 10.1. The Balaban J connectivity index is 1.67. The number of methoxy groups -OCH3 is 1. The zero-order valence-electron chi connectivity index (χ0n) is 16.4. The molecule has 0 aliphatic carbocycles. The number of aliphatic imine (C=N–C) groups is 1. The molecule has 0 radical (unpaired) electrons. The maximum atomic E-state index is 5.90. The van der Waals surface area contributed by atoms with Crippen LogP contribution in [0, 0.1) is 0 Å². The number of ether oxygens (including phenoxy) is 3. The summed E-state index contributed by atoms with van der Waals surface area (Å²) in [7, 11) is 5.53. The standard InChI is InChI=1S/C18H32N4O3S/c1-14(23-4)17-21-15(13-26-17)12-22(3)18(19-2)20-8-5-9-25-16-6-10-24-11-7-16/h13-14,16H,5-12H2,1-4H3,(H,19,20). The Hall–Kier alpha value is -1.22. The summed E-state index contributed by atoms with van der Waals surface area (Å²) in [5, 5.41) is 6.47. The fourth-order valence-corrected chi connectivity index (χ4v) is 3.59. The number of rotatable bonds is 9. The Morgan fingerprint density at radius 2 is 2.27 bits per heavy atom. The lowest BCUT2D eigenvalue weighted by Gasteiger charge is -2.23. The van der Waals surface area contributed by atoms with E-state index in [1.165, 1.54) is 0 Å². The van der Waals surface area contributed by atoms with Crippen LogP contribution in [-0.4, -0.2) is 69.5 Å². The van der Waals surface area contributed by atoms with Crippen LogP contribution >= 0.6 is 11.3 Å². The topological polar surface area (TPSA) is 68.2 Å². The summed E-state index contributed by atoms with van der Waals surface area (Å²) in [6.45, 7) is 5.97. The molecule has 2 rings (SSSR count). The number of nitrogens with zero attached hydrogens (tertiary/aromatic N) is 3. The molecule has 1 aliphatic rings. The van der Waals surface area contributed by atoms with Crippen LogP contribution in [0.3, 0.4) is 0 Å². The highest BCUT2D eigenvalue weighted by Crippen LogP contribution is 2.20. The van der Waals surface area contributed by atoms with Crippen molar-refractivity contribution < 1.29 is 14.2 Å². The minimum atomic E-state index is 0.0345. The van der Waals surface area contributed by atoms with E-state index in [0.29, 0.717) is 12.6 Å². The Morgan fingerprint density at radius 1 is 1.50 bits per heavy atom. The van der Waals surface area contributed by atoms with Crippen molar-refractivity contribution >= 4 is 17.3 Å². The number of hydrogen-bond donors (Lipinski definition) is 1. The molecular weight excluding hydrogens is 352 g/mol. The summed E-state index contributed by atoms with van der Waals surface area (Å²) in [6.07, 6.45) is 3.37. The van der Waals surface area contributed by atoms with E-state index in [2.05, 4.69) is 25.6 Å². The van der Waals surface area contributed by atoms with Crippen LogP contribution in [0.25, 0.3) is 0 Å². The lowest BCUT2D eigenvalue weighted by atomic mass is 10.1. The maximum absolute atomic E-state index is 5.90. The average Bonchev–Trinajstić information content (AvgIpc) is 3.13. The SMILES string of the molecule is CN=C(NCCCOC1CCOCC1)N(C)Cc1csc(C(C)OC)n1. The molecule has 0 saturated carbocycles. The van der Waals surface area contributed by atoms with Crippen LogP contribution < -0.4 is 5.32 Å². The molecule has 1 aliphatic heterocycles. The second-order valence-corrected chi connectivity index (χ2v) is 7.31. The normalized spacial score (nSPS) is 17.3. The molecule has 1 fully saturated rings. The molecule has 1 aromatic rings. The molecule has 1 unspecified atom stereocenters. The monoisotopic (exact) mass is 384 g/mol. The zero-order valence-corrected chi connectivity index (χ0v) is 17.2. The zero-order chi connectivity index (χ0) is 18.8. The minimum absolute atomic E-state index is 0.0345. The van der Waals surface area contributed by atoms with Gasteiger partial charge in [0.25, 0.3) is 0 Å². The summed E-state index contributed by atoms with van der Waals surface area (Å²) in [5.41, 5.74) is 1.03. The molecule has 1 aromatic heterocycles. The van der Waals surface area contributed by atoms with Gasteiger partial charge in [0, 0.05) is 53.0 Å². The van der Waals surface area contributed by atoms with Crippen molar-refractivity contribution in [1.29, 1.82) is 0 Å². The van der Waals surface area contributed by atoms with E-state index in [9.17, 15) is 0 Å². The smallest absolute Gasteiger partial charge is 0.193 e. The highest BCUT2D eigenvalue weighted by atomic mass is 32.1. The molecule has 26 heavy (non-hydrogen) atoms. The third kappa shape index (κ3) is 6.83. The average molecular weight is 385 g/mol. The molecule has 8 heteroatoms. The van der Waals surface area contributed by atoms with Crippen LogP contribution in [-0.2, 0) is 20.8 Å². The third-order valence-electron chi connectivity index (χ3n) is 4.37. The quantitative estimate of drug-likeness (QED) is 0.401. The van der Waals surface area contributed by atoms with Crippen LogP contribution in [0.1, 0.15) is 43.0 Å². The Morgan fingerprint density at radius 3 is 2.96 bits per heavy atom. The number of nitrogens with one attached hydrogen (secondary N) is 1. The van der Waals surface area contributed by atoms with E-state index in [4.69, 9.17) is 14.2 Å². The van der Waals surface area contributed by atoms with Crippen molar-refractivity contribution in [2.75, 3.05) is 47.6 Å². The van der Waals surface area contributed by atoms with Gasteiger partial charge in [-0.3, -0.25) is 4.99 Å². The predicted molar refractivity (Wildman–Crippen MR) is 105 cm³/mol. The molecule has 148 valence electrons. The molecule has 0 spiro atoms. The first-order valence-electron chi connectivity index (χ1n) is 9.22. The van der Waals surface area contributed by atoms with Gasteiger partial charge >= 0.3 is 0 Å². The molecule has 2 heterocycles. The molecule has 1 N–H and O–H groups in total. The Kier molecular flexibility index (Phi) is 9.31. The molecular formula is C18H32N4O3S. The summed E-state index contributed by atoms with van der Waals surface area (Å²) in [5.74, 6) is 0.866. The lowest BCUT2D eigenvalue weighted by molar-refractivity contribution is -0.0320. The molecule has 0 bridgehead atoms. The van der Waals surface area contributed by atoms with Crippen molar-refractivity contribution in [3.05, 3.63) is 16.1 Å². The Labute approximate surface area is 160 Å². The maximum Gasteiger partial charge on any atom is 0.193 e. The van der Waals surface area contributed by atoms with Crippen molar-refractivity contribution in [3.63, 3.8) is 0 Å². The van der Waals surface area contributed by atoms with Crippen molar-refractivity contribution in [3.8, 4) is 0 Å². The number of hydrogen-bond acceptors (Lipinski definition) is 6. The third-order valence-corrected chi connectivity index (χ3v) is 5.42. The second kappa shape index (κ2) is 11.5. The van der Waals surface area contributed by atoms with E-state index in [1.54, 1.807) is 25.5 Å². The second-order valence-electron chi connectivity index (χ2n) is 6.42. The van der Waals surface area contributed by atoms with Gasteiger partial charge in [0.15, 0.2) is 5.96 Å². The number of guanidine groups is 1. The van der Waals surface area contributed by atoms with E-state index in [-0.39, 0.29) is 6.10 Å². The first-order chi connectivity index (χ1) is 12.6. The van der Waals surface area contributed by atoms with Crippen LogP contribution in [0.5, 0.6) is 0 Å². The minimum Gasteiger partial charge on any atom is -0.381 e. The predicted octanol–water partition coefficient (Wildman–Crippen LogP) is 2.44. The van der Waals surface area contributed by atoms with E-state index >= 15 is 0 Å². The van der Waals surface area contributed by atoms with Crippen molar-refractivity contribution in [2.45, 2.75) is 44.9 Å². The van der Waals surface area contributed by atoms with Gasteiger partial charge in [0.05, 0.1) is 18.3 Å². The Bertz CT molecular complexity index is 546. The summed E-state index contributed by atoms with van der Waals surface area (Å²) < 4.78 is 16.6. The van der Waals surface area contributed by atoms with Crippen LogP contribution in [0.2, 0.25) is 0 Å². The van der Waals surface area contributed by atoms with E-state index < -0.39 is 0 Å². The highest BCUT2D eigenvalue weighted by molar-refractivity contribution is 7.09. The number of thiazole rings is 1. The summed E-state index contributed by atoms with van der Waals surface area (Å²) in [4.78, 5) is 11.1. The molecule has 1 atom stereocenters. The van der Waals surface area contributed by atoms with Crippen molar-refractivity contribution in [2.24, 2.45) is 4.99 Å². The fraction of sp³-hybridized carbons (Fsp3) is 0.778. The molecule has 0 aromatic carbocycles. The molecule has 1 saturated heterocycles. The van der Waals surface area contributed by atoms with E-state index in [1.807, 2.05) is 14.0 Å². The fourth-order valence-electron chi connectivity index (χ4n) is 2.75. The highest BCUT2D eigenvalue weighted by Gasteiger charge is 2.14. The molecule has 0 amide bonds. The number of aromatic nitrogens is 1. The van der Waals surface area contributed by atoms with Crippen LogP contribution in [0.15, 0.2) is 10.4 Å². The lowest BCUT2D eigenvalue weighted by Crippen LogP contribution is -2.39. The van der Waals surface area contributed by atoms with Gasteiger partial charge in [-0.2, -0.15) is 0 Å². The van der Waals surface area contributed by atoms with Gasteiger partial charge in [-0.25, -0.2) is 4.98 Å². The summed E-state index contributed by atoms with van der Waals surface area (Å²) >= 11 is 1.63.